The molecule has 4 atom stereocenters. The molecule has 3 saturated heterocycles. The minimum Gasteiger partial charge on any atom is -0.354 e. The van der Waals surface area contributed by atoms with Gasteiger partial charge < -0.3 is 10.6 Å². The lowest BCUT2D eigenvalue weighted by atomic mass is 9.79. The van der Waals surface area contributed by atoms with E-state index >= 15 is 0 Å². The summed E-state index contributed by atoms with van der Waals surface area (Å²) in [5, 5.41) is 5.63. The van der Waals surface area contributed by atoms with Gasteiger partial charge in [0.15, 0.2) is 5.78 Å². The molecule has 15 heteroatoms. The van der Waals surface area contributed by atoms with Crippen LogP contribution in [-0.4, -0.2) is 104 Å². The number of likely N-dealkylation sites (tertiary alicyclic amines) is 3. The largest absolute Gasteiger partial charge is 0.354 e. The number of amides is 8. The molecule has 0 saturated carbocycles. The minimum absolute atomic E-state index is 0.00347. The molecule has 3 rings (SSSR count). The SMILES string of the molecule is CC(C)/C=C/C(=O)C(C)C.CC(C)C1C(=O)N(C(C)C)C(=O)C1C(C)C.CC(C)C1CC(=O)N(C(C)C)C1=O.CC(C)C1CC(=O)N(C(C)C)C1=O.CC(C)C=CC(=O)NC(C)C.CC(C)CCC(=O)C(C)C.CC(C)CCC(=O)NC(C)C. The van der Waals surface area contributed by atoms with E-state index in [2.05, 4.69) is 52.2 Å². The molecule has 15 nitrogen and oxygen atoms in total. The fraction of sp³-hybridized carbons (Fsp3) is 0.797. The first kappa shape index (κ1) is 85.6. The molecule has 3 aliphatic rings. The molecule has 0 spiro atoms. The van der Waals surface area contributed by atoms with E-state index < -0.39 is 0 Å². The lowest BCUT2D eigenvalue weighted by Gasteiger charge is -2.21. The van der Waals surface area contributed by atoms with Gasteiger partial charge in [-0.1, -0.05) is 151 Å². The Morgan fingerprint density at radius 1 is 0.417 bits per heavy atom. The highest BCUT2D eigenvalue weighted by molar-refractivity contribution is 6.06. The summed E-state index contributed by atoms with van der Waals surface area (Å²) in [6, 6.07) is 0.478. The number of Topliss-reactive ketones (excluding diaryl/α,β-unsaturated/α-hetero) is 1. The van der Waals surface area contributed by atoms with Gasteiger partial charge >= 0.3 is 0 Å². The van der Waals surface area contributed by atoms with E-state index in [-0.39, 0.29) is 142 Å². The van der Waals surface area contributed by atoms with Crippen molar-refractivity contribution in [3.8, 4) is 0 Å². The molecule has 4 unspecified atom stereocenters. The Labute approximate surface area is 513 Å². The van der Waals surface area contributed by atoms with Crippen LogP contribution in [0, 0.1) is 82.9 Å². The topological polar surface area (TPSA) is 204 Å². The summed E-state index contributed by atoms with van der Waals surface area (Å²) in [6.45, 7) is 59.7. The van der Waals surface area contributed by atoms with Gasteiger partial charge in [-0.05, 0) is 142 Å². The van der Waals surface area contributed by atoms with Gasteiger partial charge in [-0.15, -0.1) is 0 Å². The Bertz CT molecular complexity index is 1980. The molecular weight excluding hydrogens is 1060 g/mol. The van der Waals surface area contributed by atoms with Crippen molar-refractivity contribution in [2.75, 3.05) is 0 Å². The lowest BCUT2D eigenvalue weighted by Crippen LogP contribution is -2.37. The third-order valence-electron chi connectivity index (χ3n) is 13.8. The van der Waals surface area contributed by atoms with Crippen molar-refractivity contribution in [3.05, 3.63) is 24.3 Å². The van der Waals surface area contributed by atoms with Crippen molar-refractivity contribution in [1.82, 2.24) is 25.3 Å². The Hall–Kier alpha value is -4.82. The van der Waals surface area contributed by atoms with Crippen LogP contribution in [-0.2, 0) is 47.9 Å². The molecule has 84 heavy (non-hydrogen) atoms. The predicted molar refractivity (Wildman–Crippen MR) is 346 cm³/mol. The molecule has 488 valence electrons. The van der Waals surface area contributed by atoms with Crippen molar-refractivity contribution in [1.29, 1.82) is 0 Å². The number of nitrogens with one attached hydrogen (secondary N) is 2. The molecule has 8 amide bonds. The van der Waals surface area contributed by atoms with Crippen LogP contribution < -0.4 is 10.6 Å². The van der Waals surface area contributed by atoms with Crippen LogP contribution in [0.15, 0.2) is 24.3 Å². The molecule has 2 N–H and O–H groups in total. The van der Waals surface area contributed by atoms with Gasteiger partial charge in [0, 0.05) is 79.6 Å². The van der Waals surface area contributed by atoms with E-state index in [0.29, 0.717) is 48.7 Å². The number of hydrogen-bond donors (Lipinski definition) is 2. The predicted octanol–water partition coefficient (Wildman–Crippen LogP) is 13.9. The zero-order chi connectivity index (χ0) is 67.0. The van der Waals surface area contributed by atoms with Crippen LogP contribution in [0.3, 0.4) is 0 Å². The minimum atomic E-state index is -0.130. The van der Waals surface area contributed by atoms with Gasteiger partial charge in [-0.25, -0.2) is 0 Å². The van der Waals surface area contributed by atoms with Gasteiger partial charge in [-0.2, -0.15) is 0 Å². The van der Waals surface area contributed by atoms with Crippen LogP contribution >= 0.6 is 0 Å². The summed E-state index contributed by atoms with van der Waals surface area (Å²) < 4.78 is 0. The number of ketones is 2. The number of nitrogens with zero attached hydrogens (tertiary/aromatic N) is 3. The monoisotopic (exact) mass is 1190 g/mol. The van der Waals surface area contributed by atoms with Crippen LogP contribution in [0.1, 0.15) is 246 Å². The molecule has 3 fully saturated rings. The fourth-order valence-corrected chi connectivity index (χ4v) is 8.75. The summed E-state index contributed by atoms with van der Waals surface area (Å²) in [5.41, 5.74) is 0. The van der Waals surface area contributed by atoms with Crippen LogP contribution in [0.25, 0.3) is 0 Å². The second-order valence-corrected chi connectivity index (χ2v) is 27.8. The number of carbonyl (C=O) groups excluding carboxylic acids is 10. The van der Waals surface area contributed by atoms with Crippen LogP contribution in [0.5, 0.6) is 0 Å². The number of allylic oxidation sites excluding steroid dienone is 3. The quantitative estimate of drug-likeness (QED) is 0.0822. The molecule has 0 bridgehead atoms. The summed E-state index contributed by atoms with van der Waals surface area (Å²) in [7, 11) is 0. The standard InChI is InChI=1S/C13H23NO2.2C10H17NO2.C9H19NO.C9H17NO.C9H18O.C9H16O/c1-7(2)10-11(8(3)4)13(16)14(9(5)6)12(10)15;2*1-6(2)8-5-9(12)11(7(3)4)10(8)13;2*1-7(2)5-6-9(11)10-8(3)4;2*1-7(2)5-6-9(10)8(3)4/h7-11H,1-6H3;2*6-8H,5H2,1-4H3;7-8H,5-6H2,1-4H3,(H,10,11);5-8H,1-4H3,(H,10,11);7-8H,5-6H2,1-4H3;5-8H,1-4H3/b;;;;;;6-5+. The van der Waals surface area contributed by atoms with Crippen LogP contribution in [0.4, 0.5) is 0 Å². The average Bonchev–Trinajstić information content (AvgIpc) is 4.19. The maximum atomic E-state index is 12.2. The number of imide groups is 3. The third kappa shape index (κ3) is 36.2. The van der Waals surface area contributed by atoms with Crippen molar-refractivity contribution >= 4 is 58.8 Å². The first-order valence-electron chi connectivity index (χ1n) is 31.9. The van der Waals surface area contributed by atoms with Crippen molar-refractivity contribution in [3.63, 3.8) is 0 Å². The maximum absolute atomic E-state index is 12.2. The second-order valence-electron chi connectivity index (χ2n) is 27.8. The first-order valence-corrected chi connectivity index (χ1v) is 31.9. The van der Waals surface area contributed by atoms with Gasteiger partial charge in [0.1, 0.15) is 5.78 Å². The highest BCUT2D eigenvalue weighted by Gasteiger charge is 2.50. The zero-order valence-corrected chi connectivity index (χ0v) is 58.9. The number of rotatable bonds is 21. The van der Waals surface area contributed by atoms with Crippen LogP contribution in [0.2, 0.25) is 0 Å². The first-order chi connectivity index (χ1) is 38.3. The average molecular weight is 1190 g/mol. The van der Waals surface area contributed by atoms with Crippen molar-refractivity contribution < 1.29 is 47.9 Å². The van der Waals surface area contributed by atoms with Gasteiger partial charge in [-0.3, -0.25) is 62.6 Å². The molecule has 0 aromatic carbocycles. The summed E-state index contributed by atoms with van der Waals surface area (Å²) in [5.74, 6) is 3.91. The lowest BCUT2D eigenvalue weighted by molar-refractivity contribution is -0.143. The Kier molecular flexibility index (Phi) is 44.6. The third-order valence-corrected chi connectivity index (χ3v) is 13.8. The number of carbonyl (C=O) groups is 10. The smallest absolute Gasteiger partial charge is 0.243 e. The molecule has 3 aliphatic heterocycles. The van der Waals surface area contributed by atoms with E-state index in [0.717, 1.165) is 19.3 Å². The Balaban J connectivity index is -0.000000447. The molecule has 0 aromatic heterocycles. The normalized spacial score (nSPS) is 18.1. The second kappa shape index (κ2) is 43.7. The van der Waals surface area contributed by atoms with Gasteiger partial charge in [0.25, 0.3) is 0 Å². The van der Waals surface area contributed by atoms with Gasteiger partial charge in [0.2, 0.25) is 47.3 Å². The van der Waals surface area contributed by atoms with E-state index in [1.54, 1.807) is 12.2 Å². The highest BCUT2D eigenvalue weighted by atomic mass is 16.2. The Morgan fingerprint density at radius 2 is 0.750 bits per heavy atom. The number of hydrogen-bond acceptors (Lipinski definition) is 10. The van der Waals surface area contributed by atoms with Gasteiger partial charge in [0.05, 0.1) is 11.8 Å². The molecule has 0 radical (unpaired) electrons. The van der Waals surface area contributed by atoms with E-state index in [9.17, 15) is 47.9 Å². The molecule has 0 aliphatic carbocycles. The summed E-state index contributed by atoms with van der Waals surface area (Å²) in [4.78, 5) is 119. The fourth-order valence-electron chi connectivity index (χ4n) is 8.75. The van der Waals surface area contributed by atoms with Crippen molar-refractivity contribution in [2.45, 2.75) is 276 Å². The van der Waals surface area contributed by atoms with E-state index in [1.165, 1.54) is 14.7 Å². The Morgan fingerprint density at radius 3 is 0.988 bits per heavy atom. The summed E-state index contributed by atoms with van der Waals surface area (Å²) in [6.07, 6.45) is 11.3. The molecule has 3 heterocycles. The van der Waals surface area contributed by atoms with Crippen molar-refractivity contribution in [2.24, 2.45) is 82.9 Å². The zero-order valence-electron chi connectivity index (χ0n) is 58.9. The van der Waals surface area contributed by atoms with E-state index in [1.807, 2.05) is 178 Å². The maximum Gasteiger partial charge on any atom is 0.243 e. The molecular formula is C69H127N5O10. The summed E-state index contributed by atoms with van der Waals surface area (Å²) >= 11 is 0. The highest BCUT2D eigenvalue weighted by Crippen LogP contribution is 2.37. The van der Waals surface area contributed by atoms with E-state index in [4.69, 9.17) is 0 Å². The molecule has 0 aromatic rings.